The van der Waals surface area contributed by atoms with Gasteiger partial charge in [0.05, 0.1) is 22.4 Å². The average molecular weight is 593 g/mol. The van der Waals surface area contributed by atoms with Crippen molar-refractivity contribution in [2.75, 3.05) is 0 Å². The molecule has 0 bridgehead atoms. The molecule has 2 nitrogen and oxygen atoms in total. The van der Waals surface area contributed by atoms with E-state index in [1.165, 1.54) is 89.1 Å². The van der Waals surface area contributed by atoms with Crippen LogP contribution in [0, 0.1) is 13.8 Å². The van der Waals surface area contributed by atoms with Crippen LogP contribution in [0.2, 0.25) is 0 Å². The first-order valence-electron chi connectivity index (χ1n) is 16.3. The van der Waals surface area contributed by atoms with Gasteiger partial charge in [0.15, 0.2) is 0 Å². The van der Waals surface area contributed by atoms with Crippen LogP contribution in [0.3, 0.4) is 0 Å². The second-order valence-electron chi connectivity index (χ2n) is 11.9. The van der Waals surface area contributed by atoms with Crippen molar-refractivity contribution in [3.05, 3.63) is 157 Å². The van der Waals surface area contributed by atoms with Crippen molar-refractivity contribution in [3.63, 3.8) is 0 Å². The molecule has 0 saturated carbocycles. The van der Waals surface area contributed by atoms with Crippen LogP contribution in [-0.4, -0.2) is 9.13 Å². The third-order valence-corrected chi connectivity index (χ3v) is 9.24. The van der Waals surface area contributed by atoms with E-state index in [0.717, 1.165) is 0 Å². The normalized spacial score (nSPS) is 11.5. The summed E-state index contributed by atoms with van der Waals surface area (Å²) >= 11 is 0. The van der Waals surface area contributed by atoms with Crippen LogP contribution in [0.1, 0.15) is 25.0 Å². The predicted octanol–water partition coefficient (Wildman–Crippen LogP) is 12.2. The van der Waals surface area contributed by atoms with E-state index < -0.39 is 0 Å². The van der Waals surface area contributed by atoms with Gasteiger partial charge in [0, 0.05) is 44.4 Å². The molecule has 2 heteroatoms. The van der Waals surface area contributed by atoms with Gasteiger partial charge in [-0.3, -0.25) is 0 Å². The van der Waals surface area contributed by atoms with Gasteiger partial charge < -0.3 is 9.13 Å². The Morgan fingerprint density at radius 3 is 1.07 bits per heavy atom. The van der Waals surface area contributed by atoms with Crippen molar-refractivity contribution in [1.82, 2.24) is 9.13 Å². The summed E-state index contributed by atoms with van der Waals surface area (Å²) < 4.78 is 4.95. The minimum Gasteiger partial charge on any atom is -0.309 e. The Morgan fingerprint density at radius 1 is 0.348 bits per heavy atom. The first-order valence-corrected chi connectivity index (χ1v) is 16.3. The Balaban J connectivity index is 0.00000153. The third kappa shape index (κ3) is 4.10. The highest BCUT2D eigenvalue weighted by atomic mass is 15.0. The molecule has 0 amide bonds. The first-order chi connectivity index (χ1) is 22.7. The van der Waals surface area contributed by atoms with Crippen LogP contribution < -0.4 is 0 Å². The molecule has 0 unspecified atom stereocenters. The summed E-state index contributed by atoms with van der Waals surface area (Å²) in [5, 5.41) is 2.51. The summed E-state index contributed by atoms with van der Waals surface area (Å²) in [6.07, 6.45) is 0. The van der Waals surface area contributed by atoms with Crippen LogP contribution in [0.4, 0.5) is 0 Å². The van der Waals surface area contributed by atoms with Crippen molar-refractivity contribution >= 4 is 21.8 Å². The molecular weight excluding hydrogens is 556 g/mol. The van der Waals surface area contributed by atoms with E-state index in [1.807, 2.05) is 13.8 Å². The zero-order valence-corrected chi connectivity index (χ0v) is 26.8. The molecule has 6 aromatic carbocycles. The molecule has 0 atom stereocenters. The fraction of sp³-hybridized carbons (Fsp3) is 0.0909. The van der Waals surface area contributed by atoms with Crippen LogP contribution >= 0.6 is 0 Å². The molecule has 0 saturated heterocycles. The zero-order chi connectivity index (χ0) is 31.4. The lowest BCUT2D eigenvalue weighted by molar-refractivity contribution is 1.12. The average Bonchev–Trinajstić information content (AvgIpc) is 3.62. The second kappa shape index (κ2) is 11.1. The zero-order valence-electron chi connectivity index (χ0n) is 26.8. The van der Waals surface area contributed by atoms with Gasteiger partial charge in [0.1, 0.15) is 0 Å². The lowest BCUT2D eigenvalue weighted by Gasteiger charge is -2.23. The van der Waals surface area contributed by atoms with Gasteiger partial charge in [-0.1, -0.05) is 134 Å². The molecule has 2 heterocycles. The quantitative estimate of drug-likeness (QED) is 0.189. The fourth-order valence-corrected chi connectivity index (χ4v) is 7.27. The van der Waals surface area contributed by atoms with Crippen LogP contribution in [0.15, 0.2) is 146 Å². The highest BCUT2D eigenvalue weighted by Crippen LogP contribution is 2.54. The SMILES string of the molecule is CC.Cc1ccc(-n2c3c(c4ccccc42)-c2ccccc2-c2c(c4ccccc4n2-c2ccc(C)cc2)-c2ccccc2-3)cc1. The number of hydrogen-bond acceptors (Lipinski definition) is 0. The number of benzene rings is 6. The molecule has 1 aliphatic rings. The van der Waals surface area contributed by atoms with Gasteiger partial charge in [-0.25, -0.2) is 0 Å². The Labute approximate surface area is 270 Å². The van der Waals surface area contributed by atoms with Gasteiger partial charge in [-0.15, -0.1) is 0 Å². The number of hydrogen-bond donors (Lipinski definition) is 0. The standard InChI is InChI=1S/C42H30N2.C2H6/c1-27-19-23-29(24-20-27)43-37-17-9-7-15-35(37)39-32-12-4-6-14-34(32)42-40(31-11-3-5-13-33(31)41(39)43)36-16-8-10-18-38(36)44(42)30-25-21-28(2)22-26-30;1-2/h3-26H,1-2H3;1-2H3. The number of fused-ring (bicyclic) bond motifs is 12. The molecule has 2 aromatic heterocycles. The van der Waals surface area contributed by atoms with Gasteiger partial charge >= 0.3 is 0 Å². The summed E-state index contributed by atoms with van der Waals surface area (Å²) in [5.41, 5.74) is 17.3. The molecule has 0 spiro atoms. The van der Waals surface area contributed by atoms with Gasteiger partial charge in [-0.05, 0) is 61.4 Å². The van der Waals surface area contributed by atoms with Crippen molar-refractivity contribution in [2.24, 2.45) is 0 Å². The van der Waals surface area contributed by atoms with Gasteiger partial charge in [0.2, 0.25) is 0 Å². The molecule has 1 aliphatic carbocycles. The number of aryl methyl sites for hydroxylation is 2. The lowest BCUT2D eigenvalue weighted by Crippen LogP contribution is -2.03. The largest absolute Gasteiger partial charge is 0.309 e. The molecule has 222 valence electrons. The minimum atomic E-state index is 1.17. The second-order valence-corrected chi connectivity index (χ2v) is 11.9. The van der Waals surface area contributed by atoms with Crippen molar-refractivity contribution < 1.29 is 0 Å². The van der Waals surface area contributed by atoms with E-state index in [0.29, 0.717) is 0 Å². The van der Waals surface area contributed by atoms with Crippen LogP contribution in [0.5, 0.6) is 0 Å². The molecule has 0 radical (unpaired) electrons. The van der Waals surface area contributed by atoms with E-state index in [9.17, 15) is 0 Å². The maximum Gasteiger partial charge on any atom is 0.0625 e. The number of nitrogens with zero attached hydrogens (tertiary/aromatic N) is 2. The number of aromatic nitrogens is 2. The number of para-hydroxylation sites is 2. The molecule has 9 rings (SSSR count). The summed E-state index contributed by atoms with van der Waals surface area (Å²) in [7, 11) is 0. The lowest BCUT2D eigenvalue weighted by atomic mass is 9.84. The van der Waals surface area contributed by atoms with Crippen LogP contribution in [0.25, 0.3) is 77.9 Å². The Bertz CT molecular complexity index is 2210. The summed E-state index contributed by atoms with van der Waals surface area (Å²) in [4.78, 5) is 0. The van der Waals surface area contributed by atoms with Crippen LogP contribution in [-0.2, 0) is 0 Å². The predicted molar refractivity (Wildman–Crippen MR) is 196 cm³/mol. The van der Waals surface area contributed by atoms with E-state index in [-0.39, 0.29) is 0 Å². The maximum absolute atomic E-state index is 2.48. The fourth-order valence-electron chi connectivity index (χ4n) is 7.27. The first kappa shape index (κ1) is 27.9. The van der Waals surface area contributed by atoms with Crippen molar-refractivity contribution in [1.29, 1.82) is 0 Å². The van der Waals surface area contributed by atoms with E-state index >= 15 is 0 Å². The van der Waals surface area contributed by atoms with Crippen molar-refractivity contribution in [3.8, 4) is 56.1 Å². The van der Waals surface area contributed by atoms with Gasteiger partial charge in [-0.2, -0.15) is 0 Å². The third-order valence-electron chi connectivity index (χ3n) is 9.24. The molecule has 0 N–H and O–H groups in total. The summed E-state index contributed by atoms with van der Waals surface area (Å²) in [6.45, 7) is 8.30. The molecule has 8 aromatic rings. The Morgan fingerprint density at radius 2 is 0.674 bits per heavy atom. The summed E-state index contributed by atoms with van der Waals surface area (Å²) in [5.74, 6) is 0. The van der Waals surface area contributed by atoms with Gasteiger partial charge in [0.25, 0.3) is 0 Å². The number of rotatable bonds is 2. The molecule has 46 heavy (non-hydrogen) atoms. The summed E-state index contributed by atoms with van der Waals surface area (Å²) in [6, 6.07) is 53.6. The minimum absolute atomic E-state index is 1.17. The van der Waals surface area contributed by atoms with E-state index in [4.69, 9.17) is 0 Å². The topological polar surface area (TPSA) is 9.86 Å². The smallest absolute Gasteiger partial charge is 0.0625 e. The Hall–Kier alpha value is -5.60. The maximum atomic E-state index is 2.48. The van der Waals surface area contributed by atoms with E-state index in [2.05, 4.69) is 169 Å². The molecular formula is C44H36N2. The Kier molecular flexibility index (Phi) is 6.73. The monoisotopic (exact) mass is 592 g/mol. The molecule has 0 fully saturated rings. The molecule has 0 aliphatic heterocycles. The highest BCUT2D eigenvalue weighted by Gasteiger charge is 2.31. The van der Waals surface area contributed by atoms with Crippen molar-refractivity contribution in [2.45, 2.75) is 27.7 Å². The highest BCUT2D eigenvalue weighted by molar-refractivity contribution is 6.17. The van der Waals surface area contributed by atoms with E-state index in [1.54, 1.807) is 0 Å².